The van der Waals surface area contributed by atoms with Crippen LogP contribution in [-0.2, 0) is 4.79 Å². The van der Waals surface area contributed by atoms with Crippen molar-refractivity contribution in [3.8, 4) is 5.69 Å². The molecule has 1 unspecified atom stereocenters. The molecule has 3 atom stereocenters. The first-order chi connectivity index (χ1) is 13.5. The van der Waals surface area contributed by atoms with E-state index in [0.29, 0.717) is 6.54 Å². The first kappa shape index (κ1) is 19.2. The standard InChI is InChI=1S/C23H32N4O/c1-16-8-10-21(11-9-16)27-18(3)23(17(2)25-27)24-22(28)15-26-13-12-19-6-4-5-7-20(19)14-26/h8-11,19-20H,4-7,12-15H2,1-3H3,(H,24,28)/p+1/t19-,20+/m0/s1. The second kappa shape index (κ2) is 8.08. The lowest BCUT2D eigenvalue weighted by Gasteiger charge is -2.38. The molecule has 0 radical (unpaired) electrons. The van der Waals surface area contributed by atoms with E-state index in [2.05, 4.69) is 41.6 Å². The van der Waals surface area contributed by atoms with Gasteiger partial charge in [0.05, 0.1) is 35.9 Å². The van der Waals surface area contributed by atoms with E-state index in [4.69, 9.17) is 0 Å². The predicted octanol–water partition coefficient (Wildman–Crippen LogP) is 2.83. The van der Waals surface area contributed by atoms with Gasteiger partial charge in [0.2, 0.25) is 0 Å². The van der Waals surface area contributed by atoms with Gasteiger partial charge in [-0.05, 0) is 58.1 Å². The molecule has 1 aromatic carbocycles. The van der Waals surface area contributed by atoms with E-state index < -0.39 is 0 Å². The fourth-order valence-electron chi connectivity index (χ4n) is 5.13. The van der Waals surface area contributed by atoms with Crippen molar-refractivity contribution in [1.82, 2.24) is 9.78 Å². The minimum Gasteiger partial charge on any atom is -0.327 e. The maximum absolute atomic E-state index is 12.8. The Morgan fingerprint density at radius 1 is 1.11 bits per heavy atom. The van der Waals surface area contributed by atoms with E-state index in [1.165, 1.54) is 49.1 Å². The molecule has 1 amide bonds. The lowest BCUT2D eigenvalue weighted by molar-refractivity contribution is -0.902. The molecule has 5 heteroatoms. The van der Waals surface area contributed by atoms with Crippen molar-refractivity contribution in [3.63, 3.8) is 0 Å². The van der Waals surface area contributed by atoms with Gasteiger partial charge in [0, 0.05) is 5.92 Å². The largest absolute Gasteiger partial charge is 0.327 e. The number of carbonyl (C=O) groups excluding carboxylic acids is 1. The van der Waals surface area contributed by atoms with Crippen LogP contribution in [0.15, 0.2) is 24.3 Å². The summed E-state index contributed by atoms with van der Waals surface area (Å²) in [5.74, 6) is 1.86. The average molecular weight is 382 g/mol. The van der Waals surface area contributed by atoms with Crippen molar-refractivity contribution in [1.29, 1.82) is 0 Å². The van der Waals surface area contributed by atoms with Crippen LogP contribution in [0.25, 0.3) is 5.69 Å². The molecular formula is C23H33N4O+. The number of likely N-dealkylation sites (tertiary alicyclic amines) is 1. The molecule has 1 aromatic heterocycles. The van der Waals surface area contributed by atoms with Gasteiger partial charge in [0.25, 0.3) is 5.91 Å². The highest BCUT2D eigenvalue weighted by atomic mass is 16.2. The van der Waals surface area contributed by atoms with E-state index in [1.54, 1.807) is 0 Å². The van der Waals surface area contributed by atoms with Crippen LogP contribution in [0.4, 0.5) is 5.69 Å². The number of quaternary nitrogens is 1. The van der Waals surface area contributed by atoms with Crippen LogP contribution in [0, 0.1) is 32.6 Å². The Morgan fingerprint density at radius 3 is 2.57 bits per heavy atom. The Labute approximate surface area is 168 Å². The highest BCUT2D eigenvalue weighted by Gasteiger charge is 2.34. The first-order valence-electron chi connectivity index (χ1n) is 10.8. The summed E-state index contributed by atoms with van der Waals surface area (Å²) in [5, 5.41) is 7.82. The minimum absolute atomic E-state index is 0.110. The number of nitrogens with one attached hydrogen (secondary N) is 2. The van der Waals surface area contributed by atoms with E-state index in [9.17, 15) is 4.79 Å². The van der Waals surface area contributed by atoms with Gasteiger partial charge in [-0.2, -0.15) is 5.10 Å². The third-order valence-corrected chi connectivity index (χ3v) is 6.73. The summed E-state index contributed by atoms with van der Waals surface area (Å²) in [7, 11) is 0. The Kier molecular flexibility index (Phi) is 5.54. The van der Waals surface area contributed by atoms with Crippen molar-refractivity contribution < 1.29 is 9.69 Å². The summed E-state index contributed by atoms with van der Waals surface area (Å²) < 4.78 is 1.92. The summed E-state index contributed by atoms with van der Waals surface area (Å²) in [6.07, 6.45) is 6.83. The van der Waals surface area contributed by atoms with E-state index in [0.717, 1.165) is 41.1 Å². The SMILES string of the molecule is Cc1ccc(-n2nc(C)c(NC(=O)C[NH+]3CC[C@@H]4CCCC[C@@H]4C3)c2C)cc1. The molecule has 2 N–H and O–H groups in total. The Balaban J connectivity index is 1.41. The summed E-state index contributed by atoms with van der Waals surface area (Å²) in [5.41, 5.74) is 4.96. The molecule has 2 aliphatic rings. The smallest absolute Gasteiger partial charge is 0.279 e. The van der Waals surface area contributed by atoms with E-state index in [-0.39, 0.29) is 5.91 Å². The van der Waals surface area contributed by atoms with Gasteiger partial charge in [-0.1, -0.05) is 30.5 Å². The Bertz CT molecular complexity index is 839. The van der Waals surface area contributed by atoms with Crippen LogP contribution in [0.3, 0.4) is 0 Å². The molecule has 1 saturated carbocycles. The van der Waals surface area contributed by atoms with Crippen molar-refractivity contribution in [2.24, 2.45) is 11.8 Å². The highest BCUT2D eigenvalue weighted by molar-refractivity contribution is 5.92. The number of nitrogens with zero attached hydrogens (tertiary/aromatic N) is 2. The number of aryl methyl sites for hydroxylation is 2. The fourth-order valence-corrected chi connectivity index (χ4v) is 5.13. The molecule has 2 fully saturated rings. The molecular weight excluding hydrogens is 348 g/mol. The molecule has 28 heavy (non-hydrogen) atoms. The third kappa shape index (κ3) is 4.00. The summed E-state index contributed by atoms with van der Waals surface area (Å²) in [4.78, 5) is 14.2. The summed E-state index contributed by atoms with van der Waals surface area (Å²) >= 11 is 0. The van der Waals surface area contributed by atoms with Crippen LogP contribution in [0.2, 0.25) is 0 Å². The van der Waals surface area contributed by atoms with E-state index >= 15 is 0 Å². The van der Waals surface area contributed by atoms with Crippen molar-refractivity contribution in [3.05, 3.63) is 41.2 Å². The molecule has 1 aliphatic heterocycles. The van der Waals surface area contributed by atoms with Gasteiger partial charge < -0.3 is 10.2 Å². The van der Waals surface area contributed by atoms with Gasteiger partial charge in [0.15, 0.2) is 6.54 Å². The molecule has 0 spiro atoms. The molecule has 0 bridgehead atoms. The molecule has 150 valence electrons. The van der Waals surface area contributed by atoms with Crippen LogP contribution in [0.1, 0.15) is 49.1 Å². The second-order valence-corrected chi connectivity index (χ2v) is 8.82. The van der Waals surface area contributed by atoms with Gasteiger partial charge in [-0.3, -0.25) is 4.79 Å². The number of fused-ring (bicyclic) bond motifs is 1. The highest BCUT2D eigenvalue weighted by Crippen LogP contribution is 2.32. The minimum atomic E-state index is 0.110. The van der Waals surface area contributed by atoms with Crippen molar-refractivity contribution >= 4 is 11.6 Å². The van der Waals surface area contributed by atoms with E-state index in [1.807, 2.05) is 18.5 Å². The number of hydrogen-bond acceptors (Lipinski definition) is 2. The molecule has 2 aromatic rings. The lowest BCUT2D eigenvalue weighted by Crippen LogP contribution is -3.15. The zero-order valence-electron chi connectivity index (χ0n) is 17.4. The quantitative estimate of drug-likeness (QED) is 0.856. The molecule has 1 saturated heterocycles. The predicted molar refractivity (Wildman–Crippen MR) is 112 cm³/mol. The molecule has 5 nitrogen and oxygen atoms in total. The fraction of sp³-hybridized carbons (Fsp3) is 0.565. The number of anilines is 1. The summed E-state index contributed by atoms with van der Waals surface area (Å²) in [6, 6.07) is 8.31. The lowest BCUT2D eigenvalue weighted by atomic mass is 9.75. The number of rotatable bonds is 4. The number of hydrogen-bond donors (Lipinski definition) is 2. The number of benzene rings is 1. The average Bonchev–Trinajstić information content (AvgIpc) is 2.97. The first-order valence-corrected chi connectivity index (χ1v) is 10.8. The molecule has 4 rings (SSSR count). The Hall–Kier alpha value is -2.14. The topological polar surface area (TPSA) is 51.4 Å². The van der Waals surface area contributed by atoms with Gasteiger partial charge in [0.1, 0.15) is 0 Å². The molecule has 2 heterocycles. The normalized spacial score (nSPS) is 24.6. The van der Waals surface area contributed by atoms with Crippen molar-refractivity contribution in [2.75, 3.05) is 25.0 Å². The van der Waals surface area contributed by atoms with Gasteiger partial charge in [-0.25, -0.2) is 4.68 Å². The Morgan fingerprint density at radius 2 is 1.82 bits per heavy atom. The number of piperidine rings is 1. The number of amides is 1. The van der Waals surface area contributed by atoms with Crippen molar-refractivity contribution in [2.45, 2.75) is 52.9 Å². The third-order valence-electron chi connectivity index (χ3n) is 6.73. The number of aromatic nitrogens is 2. The van der Waals surface area contributed by atoms with Gasteiger partial charge in [-0.15, -0.1) is 0 Å². The maximum Gasteiger partial charge on any atom is 0.279 e. The van der Waals surface area contributed by atoms with Gasteiger partial charge >= 0.3 is 0 Å². The zero-order valence-corrected chi connectivity index (χ0v) is 17.4. The molecule has 1 aliphatic carbocycles. The van der Waals surface area contributed by atoms with Crippen LogP contribution in [0.5, 0.6) is 0 Å². The van der Waals surface area contributed by atoms with Crippen LogP contribution < -0.4 is 10.2 Å². The summed E-state index contributed by atoms with van der Waals surface area (Å²) in [6.45, 7) is 8.93. The van der Waals surface area contributed by atoms with Crippen LogP contribution >= 0.6 is 0 Å². The maximum atomic E-state index is 12.8. The zero-order chi connectivity index (χ0) is 19.7. The second-order valence-electron chi connectivity index (χ2n) is 8.82. The van der Waals surface area contributed by atoms with Crippen LogP contribution in [-0.4, -0.2) is 35.3 Å². The number of carbonyl (C=O) groups is 1. The monoisotopic (exact) mass is 381 g/mol.